The molecule has 0 spiro atoms. The first-order chi connectivity index (χ1) is 6.11. The SMILES string of the molecule is [B]c1nc(N)c2c(N)ncc(C)n12. The lowest BCUT2D eigenvalue weighted by molar-refractivity contribution is 1.08. The van der Waals surface area contributed by atoms with Gasteiger partial charge in [0.15, 0.2) is 19.5 Å². The molecular formula is C7H8BN5. The maximum absolute atomic E-state index is 5.64. The molecule has 2 radical (unpaired) electrons. The van der Waals surface area contributed by atoms with Gasteiger partial charge >= 0.3 is 0 Å². The van der Waals surface area contributed by atoms with Gasteiger partial charge in [0.25, 0.3) is 0 Å². The number of imidazole rings is 1. The minimum absolute atomic E-state index is 0.311. The van der Waals surface area contributed by atoms with Crippen LogP contribution in [0.15, 0.2) is 6.20 Å². The molecule has 4 N–H and O–H groups in total. The van der Waals surface area contributed by atoms with Crippen LogP contribution in [0.5, 0.6) is 0 Å². The van der Waals surface area contributed by atoms with Crippen LogP contribution in [0, 0.1) is 6.92 Å². The van der Waals surface area contributed by atoms with E-state index in [0.717, 1.165) is 5.69 Å². The Balaban J connectivity index is 3.03. The molecule has 2 aromatic heterocycles. The Labute approximate surface area is 76.2 Å². The number of nitrogen functional groups attached to an aromatic ring is 2. The molecule has 0 aliphatic rings. The number of aromatic nitrogens is 3. The van der Waals surface area contributed by atoms with E-state index >= 15 is 0 Å². The van der Waals surface area contributed by atoms with E-state index in [2.05, 4.69) is 9.97 Å². The summed E-state index contributed by atoms with van der Waals surface area (Å²) >= 11 is 0. The zero-order chi connectivity index (χ0) is 9.59. The lowest BCUT2D eigenvalue weighted by Crippen LogP contribution is -2.15. The predicted octanol–water partition coefficient (Wildman–Crippen LogP) is -1.00. The van der Waals surface area contributed by atoms with Gasteiger partial charge in [0.1, 0.15) is 5.52 Å². The quantitative estimate of drug-likeness (QED) is 0.500. The van der Waals surface area contributed by atoms with Gasteiger partial charge in [-0.2, -0.15) is 0 Å². The van der Waals surface area contributed by atoms with Crippen LogP contribution in [0.4, 0.5) is 11.6 Å². The van der Waals surface area contributed by atoms with E-state index in [1.807, 2.05) is 6.92 Å². The summed E-state index contributed by atoms with van der Waals surface area (Å²) in [6, 6.07) is 0. The fourth-order valence-electron chi connectivity index (χ4n) is 1.34. The van der Waals surface area contributed by atoms with Crippen LogP contribution in [0.25, 0.3) is 5.52 Å². The van der Waals surface area contributed by atoms with Crippen molar-refractivity contribution in [3.63, 3.8) is 0 Å². The van der Waals surface area contributed by atoms with Crippen molar-refractivity contribution in [2.75, 3.05) is 11.5 Å². The van der Waals surface area contributed by atoms with Crippen molar-refractivity contribution in [1.29, 1.82) is 0 Å². The molecule has 0 unspecified atom stereocenters. The fourth-order valence-corrected chi connectivity index (χ4v) is 1.34. The fraction of sp³-hybridized carbons (Fsp3) is 0.143. The topological polar surface area (TPSA) is 82.2 Å². The van der Waals surface area contributed by atoms with Crippen molar-refractivity contribution in [3.05, 3.63) is 11.9 Å². The number of nitrogens with zero attached hydrogens (tertiary/aromatic N) is 3. The Hall–Kier alpha value is -1.72. The van der Waals surface area contributed by atoms with Gasteiger partial charge in [0.2, 0.25) is 0 Å². The second kappa shape index (κ2) is 2.38. The number of aryl methyl sites for hydroxylation is 1. The summed E-state index contributed by atoms with van der Waals surface area (Å²) in [6.45, 7) is 1.86. The number of rotatable bonds is 0. The van der Waals surface area contributed by atoms with Crippen molar-refractivity contribution in [1.82, 2.24) is 14.4 Å². The predicted molar refractivity (Wildman–Crippen MR) is 51.9 cm³/mol. The van der Waals surface area contributed by atoms with Crippen LogP contribution >= 0.6 is 0 Å². The van der Waals surface area contributed by atoms with E-state index in [1.165, 1.54) is 0 Å². The lowest BCUT2D eigenvalue weighted by Gasteiger charge is -2.03. The first-order valence-corrected chi connectivity index (χ1v) is 3.75. The molecule has 2 rings (SSSR count). The molecule has 2 heterocycles. The highest BCUT2D eigenvalue weighted by Gasteiger charge is 2.09. The minimum atomic E-state index is 0.311. The highest BCUT2D eigenvalue weighted by atomic mass is 15.1. The van der Waals surface area contributed by atoms with Gasteiger partial charge < -0.3 is 15.9 Å². The largest absolute Gasteiger partial charge is 0.382 e. The van der Waals surface area contributed by atoms with Crippen LogP contribution in [-0.2, 0) is 0 Å². The summed E-state index contributed by atoms with van der Waals surface area (Å²) in [5.41, 5.74) is 13.0. The van der Waals surface area contributed by atoms with E-state index < -0.39 is 0 Å². The molecule has 0 bridgehead atoms. The molecule has 0 aliphatic heterocycles. The molecule has 0 fully saturated rings. The second-order valence-corrected chi connectivity index (χ2v) is 2.82. The summed E-state index contributed by atoms with van der Waals surface area (Å²) in [5.74, 6) is 0.651. The summed E-state index contributed by atoms with van der Waals surface area (Å²) < 4.78 is 1.68. The molecule has 0 atom stereocenters. The average Bonchev–Trinajstić information content (AvgIpc) is 2.36. The van der Waals surface area contributed by atoms with Gasteiger partial charge in [0, 0.05) is 11.9 Å². The van der Waals surface area contributed by atoms with Crippen molar-refractivity contribution in [3.8, 4) is 0 Å². The maximum Gasteiger partial charge on any atom is 0.168 e. The van der Waals surface area contributed by atoms with Gasteiger partial charge in [-0.1, -0.05) is 0 Å². The minimum Gasteiger partial charge on any atom is -0.382 e. The van der Waals surface area contributed by atoms with Gasteiger partial charge in [0.05, 0.1) is 5.72 Å². The summed E-state index contributed by atoms with van der Waals surface area (Å²) in [6.07, 6.45) is 1.62. The molecule has 13 heavy (non-hydrogen) atoms. The zero-order valence-electron chi connectivity index (χ0n) is 7.15. The first-order valence-electron chi connectivity index (χ1n) is 3.75. The maximum atomic E-state index is 5.64. The normalized spacial score (nSPS) is 10.8. The van der Waals surface area contributed by atoms with E-state index in [0.29, 0.717) is 22.9 Å². The molecule has 2 aromatic rings. The molecule has 0 saturated heterocycles. The number of hydrogen-bond acceptors (Lipinski definition) is 4. The Morgan fingerprint density at radius 2 is 2.08 bits per heavy atom. The Morgan fingerprint density at radius 1 is 1.38 bits per heavy atom. The second-order valence-electron chi connectivity index (χ2n) is 2.82. The highest BCUT2D eigenvalue weighted by Crippen LogP contribution is 2.16. The molecule has 6 heteroatoms. The lowest BCUT2D eigenvalue weighted by atomic mass is 10.1. The Morgan fingerprint density at radius 3 is 2.69 bits per heavy atom. The zero-order valence-corrected chi connectivity index (χ0v) is 7.15. The van der Waals surface area contributed by atoms with Crippen molar-refractivity contribution in [2.45, 2.75) is 6.92 Å². The molecule has 0 amide bonds. The Kier molecular flexibility index (Phi) is 1.45. The van der Waals surface area contributed by atoms with Crippen LogP contribution in [0.2, 0.25) is 0 Å². The molecule has 64 valence electrons. The van der Waals surface area contributed by atoms with E-state index in [9.17, 15) is 0 Å². The summed E-state index contributed by atoms with van der Waals surface area (Å²) in [5, 5.41) is 0. The third-order valence-electron chi connectivity index (χ3n) is 1.92. The number of hydrogen-bond donors (Lipinski definition) is 2. The number of nitrogens with two attached hydrogens (primary N) is 2. The summed E-state index contributed by atoms with van der Waals surface area (Å²) in [4.78, 5) is 7.87. The summed E-state index contributed by atoms with van der Waals surface area (Å²) in [7, 11) is 5.64. The monoisotopic (exact) mass is 173 g/mol. The van der Waals surface area contributed by atoms with Crippen molar-refractivity contribution in [2.24, 2.45) is 0 Å². The molecule has 5 nitrogen and oxygen atoms in total. The van der Waals surface area contributed by atoms with E-state index in [1.54, 1.807) is 10.6 Å². The van der Waals surface area contributed by atoms with Crippen LogP contribution < -0.4 is 17.2 Å². The Bertz CT molecular complexity index is 433. The third kappa shape index (κ3) is 0.948. The molecule has 0 aromatic carbocycles. The van der Waals surface area contributed by atoms with E-state index in [-0.39, 0.29) is 0 Å². The average molecular weight is 173 g/mol. The first kappa shape index (κ1) is 7.91. The van der Waals surface area contributed by atoms with Crippen LogP contribution in [0.3, 0.4) is 0 Å². The standard InChI is InChI=1S/C7H8BN5/c1-3-2-11-5(9)4-6(10)12-7(8)13(3)4/h2H,10H2,1H3,(H2,9,11). The van der Waals surface area contributed by atoms with Gasteiger partial charge in [-0.05, 0) is 6.92 Å². The molecular weight excluding hydrogens is 165 g/mol. The highest BCUT2D eigenvalue weighted by molar-refractivity contribution is 6.30. The smallest absolute Gasteiger partial charge is 0.168 e. The van der Waals surface area contributed by atoms with Gasteiger partial charge in [-0.15, -0.1) is 0 Å². The van der Waals surface area contributed by atoms with Crippen molar-refractivity contribution < 1.29 is 0 Å². The number of fused-ring (bicyclic) bond motifs is 1. The van der Waals surface area contributed by atoms with Crippen molar-refractivity contribution >= 4 is 30.7 Å². The molecule has 0 aliphatic carbocycles. The van der Waals surface area contributed by atoms with E-state index in [4.69, 9.17) is 19.3 Å². The van der Waals surface area contributed by atoms with Gasteiger partial charge in [-0.3, -0.25) is 0 Å². The van der Waals surface area contributed by atoms with Crippen LogP contribution in [0.1, 0.15) is 5.69 Å². The molecule has 0 saturated carbocycles. The number of anilines is 2. The third-order valence-corrected chi connectivity index (χ3v) is 1.92. The van der Waals surface area contributed by atoms with Gasteiger partial charge in [-0.25, -0.2) is 9.97 Å². The van der Waals surface area contributed by atoms with Crippen LogP contribution in [-0.4, -0.2) is 22.2 Å².